The average Bonchev–Trinajstić information content (AvgIpc) is 3.23. The van der Waals surface area contributed by atoms with Gasteiger partial charge in [-0.25, -0.2) is 4.79 Å². The van der Waals surface area contributed by atoms with Crippen LogP contribution in [0, 0.1) is 32.1 Å². The smallest absolute Gasteiger partial charge is 0.338 e. The number of nitrogens with zero attached hydrogens (tertiary/aromatic N) is 1. The zero-order valence-electron chi connectivity index (χ0n) is 18.5. The van der Waals surface area contributed by atoms with Gasteiger partial charge in [-0.05, 0) is 63.1 Å². The molecular weight excluding hydrogens is 404 g/mol. The lowest BCUT2D eigenvalue weighted by Gasteiger charge is -2.12. The minimum Gasteiger partial charge on any atom is -0.462 e. The predicted molar refractivity (Wildman–Crippen MR) is 123 cm³/mol. The topological polar surface area (TPSA) is 92.3 Å². The maximum Gasteiger partial charge on any atom is 0.338 e. The van der Waals surface area contributed by atoms with Crippen LogP contribution in [0.2, 0.25) is 0 Å². The zero-order chi connectivity index (χ0) is 23.3. The summed E-state index contributed by atoms with van der Waals surface area (Å²) in [6.45, 7) is 7.88. The number of carbonyl (C=O) groups is 2. The van der Waals surface area contributed by atoms with E-state index in [1.165, 1.54) is 6.08 Å². The number of benzene rings is 2. The lowest BCUT2D eigenvalue weighted by Crippen LogP contribution is -2.15. The fraction of sp³-hybridized carbons (Fsp3) is 0.192. The number of nitriles is 1. The van der Waals surface area contributed by atoms with Gasteiger partial charge in [-0.15, -0.1) is 0 Å². The van der Waals surface area contributed by atoms with Crippen molar-refractivity contribution in [2.24, 2.45) is 0 Å². The van der Waals surface area contributed by atoms with Crippen molar-refractivity contribution in [2.75, 3.05) is 11.9 Å². The van der Waals surface area contributed by atoms with E-state index in [-0.39, 0.29) is 11.5 Å². The number of ether oxygens (including phenoxy) is 1. The summed E-state index contributed by atoms with van der Waals surface area (Å²) < 4.78 is 10.8. The van der Waals surface area contributed by atoms with E-state index < -0.39 is 5.91 Å². The summed E-state index contributed by atoms with van der Waals surface area (Å²) in [6, 6.07) is 16.1. The van der Waals surface area contributed by atoms with Gasteiger partial charge in [0.15, 0.2) is 0 Å². The van der Waals surface area contributed by atoms with Gasteiger partial charge in [-0.3, -0.25) is 4.79 Å². The molecule has 1 amide bonds. The zero-order valence-corrected chi connectivity index (χ0v) is 18.5. The third kappa shape index (κ3) is 5.13. The highest BCUT2D eigenvalue weighted by Crippen LogP contribution is 2.25. The first-order chi connectivity index (χ1) is 15.3. The van der Waals surface area contributed by atoms with Crippen LogP contribution in [0.3, 0.4) is 0 Å². The summed E-state index contributed by atoms with van der Waals surface area (Å²) >= 11 is 0. The fourth-order valence-electron chi connectivity index (χ4n) is 3.42. The molecule has 0 unspecified atom stereocenters. The third-order valence-corrected chi connectivity index (χ3v) is 4.87. The fourth-order valence-corrected chi connectivity index (χ4v) is 3.42. The molecule has 3 aromatic rings. The van der Waals surface area contributed by atoms with E-state index in [9.17, 15) is 14.9 Å². The van der Waals surface area contributed by atoms with Crippen LogP contribution in [-0.4, -0.2) is 18.5 Å². The molecule has 3 rings (SSSR count). The molecule has 1 N–H and O–H groups in total. The Bertz CT molecular complexity index is 1200. The van der Waals surface area contributed by atoms with Gasteiger partial charge >= 0.3 is 5.97 Å². The number of esters is 1. The van der Waals surface area contributed by atoms with Crippen molar-refractivity contribution < 1.29 is 18.7 Å². The Hall–Kier alpha value is -4.11. The summed E-state index contributed by atoms with van der Waals surface area (Å²) in [5.74, 6) is 0.0400. The summed E-state index contributed by atoms with van der Waals surface area (Å²) in [5, 5.41) is 12.3. The molecule has 0 aliphatic carbocycles. The standard InChI is InChI=1S/C26H24N2O4/c1-5-31-26(30)20-8-6-19(7-9-20)23-11-10-22(32-23)14-21(15-27)25(29)28-24-17(3)12-16(2)13-18(24)4/h6-14H,5H2,1-4H3,(H,28,29)/b21-14-. The second-order valence-corrected chi connectivity index (χ2v) is 7.40. The molecular formula is C26H24N2O4. The maximum absolute atomic E-state index is 12.7. The highest BCUT2D eigenvalue weighted by Gasteiger charge is 2.14. The Labute approximate surface area is 187 Å². The van der Waals surface area contributed by atoms with Crippen molar-refractivity contribution in [3.05, 3.63) is 82.1 Å². The largest absolute Gasteiger partial charge is 0.462 e. The van der Waals surface area contributed by atoms with Gasteiger partial charge in [0, 0.05) is 17.3 Å². The van der Waals surface area contributed by atoms with Crippen LogP contribution in [0.5, 0.6) is 0 Å². The second-order valence-electron chi connectivity index (χ2n) is 7.40. The Balaban J connectivity index is 1.79. The minimum atomic E-state index is -0.501. The molecule has 0 saturated heterocycles. The summed E-state index contributed by atoms with van der Waals surface area (Å²) in [6.07, 6.45) is 1.41. The van der Waals surface area contributed by atoms with Crippen LogP contribution in [-0.2, 0) is 9.53 Å². The first-order valence-electron chi connectivity index (χ1n) is 10.2. The van der Waals surface area contributed by atoms with Gasteiger partial charge in [0.25, 0.3) is 5.91 Å². The monoisotopic (exact) mass is 428 g/mol. The van der Waals surface area contributed by atoms with Crippen LogP contribution in [0.25, 0.3) is 17.4 Å². The van der Waals surface area contributed by atoms with Gasteiger partial charge in [0.2, 0.25) is 0 Å². The Morgan fingerprint density at radius 2 is 1.72 bits per heavy atom. The minimum absolute atomic E-state index is 0.0667. The summed E-state index contributed by atoms with van der Waals surface area (Å²) in [5.41, 5.74) is 4.80. The van der Waals surface area contributed by atoms with Gasteiger partial charge in [-0.1, -0.05) is 29.8 Å². The molecule has 6 heteroatoms. The van der Waals surface area contributed by atoms with E-state index in [0.29, 0.717) is 29.4 Å². The number of nitrogens with one attached hydrogen (secondary N) is 1. The number of carbonyl (C=O) groups excluding carboxylic acids is 2. The molecule has 0 saturated carbocycles. The van der Waals surface area contributed by atoms with Crippen molar-refractivity contribution in [3.8, 4) is 17.4 Å². The molecule has 0 atom stereocenters. The lowest BCUT2D eigenvalue weighted by atomic mass is 10.0. The molecule has 0 fully saturated rings. The van der Waals surface area contributed by atoms with Crippen molar-refractivity contribution in [1.82, 2.24) is 0 Å². The molecule has 6 nitrogen and oxygen atoms in total. The van der Waals surface area contributed by atoms with Crippen molar-refractivity contribution >= 4 is 23.6 Å². The number of amides is 1. The Morgan fingerprint density at radius 3 is 2.31 bits per heavy atom. The number of hydrogen-bond acceptors (Lipinski definition) is 5. The molecule has 1 heterocycles. The molecule has 0 bridgehead atoms. The number of rotatable bonds is 6. The third-order valence-electron chi connectivity index (χ3n) is 4.87. The van der Waals surface area contributed by atoms with Crippen LogP contribution >= 0.6 is 0 Å². The van der Waals surface area contributed by atoms with E-state index in [4.69, 9.17) is 9.15 Å². The number of hydrogen-bond donors (Lipinski definition) is 1. The Morgan fingerprint density at radius 1 is 1.06 bits per heavy atom. The van der Waals surface area contributed by atoms with E-state index in [1.807, 2.05) is 39.0 Å². The van der Waals surface area contributed by atoms with Crippen LogP contribution in [0.4, 0.5) is 5.69 Å². The van der Waals surface area contributed by atoms with Crippen LogP contribution < -0.4 is 5.32 Å². The lowest BCUT2D eigenvalue weighted by molar-refractivity contribution is -0.112. The van der Waals surface area contributed by atoms with Crippen LogP contribution in [0.1, 0.15) is 39.7 Å². The summed E-state index contributed by atoms with van der Waals surface area (Å²) in [7, 11) is 0. The van der Waals surface area contributed by atoms with E-state index in [2.05, 4.69) is 5.32 Å². The maximum atomic E-state index is 12.7. The van der Waals surface area contributed by atoms with E-state index in [1.54, 1.807) is 43.3 Å². The molecule has 0 spiro atoms. The van der Waals surface area contributed by atoms with E-state index >= 15 is 0 Å². The highest BCUT2D eigenvalue weighted by molar-refractivity contribution is 6.10. The highest BCUT2D eigenvalue weighted by atomic mass is 16.5. The van der Waals surface area contributed by atoms with Gasteiger partial charge in [0.1, 0.15) is 23.2 Å². The van der Waals surface area contributed by atoms with Crippen molar-refractivity contribution in [3.63, 3.8) is 0 Å². The number of furan rings is 1. The second kappa shape index (κ2) is 9.80. The van der Waals surface area contributed by atoms with Gasteiger partial charge in [-0.2, -0.15) is 5.26 Å². The molecule has 1 aromatic heterocycles. The first kappa shape index (κ1) is 22.6. The normalized spacial score (nSPS) is 11.0. The summed E-state index contributed by atoms with van der Waals surface area (Å²) in [4.78, 5) is 24.5. The molecule has 0 radical (unpaired) electrons. The number of anilines is 1. The molecule has 32 heavy (non-hydrogen) atoms. The van der Waals surface area contributed by atoms with Gasteiger partial charge in [0.05, 0.1) is 12.2 Å². The van der Waals surface area contributed by atoms with Crippen LogP contribution in [0.15, 0.2) is 58.5 Å². The quantitative estimate of drug-likeness (QED) is 0.314. The van der Waals surface area contributed by atoms with Gasteiger partial charge < -0.3 is 14.5 Å². The average molecular weight is 428 g/mol. The molecule has 0 aliphatic heterocycles. The number of aryl methyl sites for hydroxylation is 3. The molecule has 0 aliphatic rings. The van der Waals surface area contributed by atoms with Crippen molar-refractivity contribution in [2.45, 2.75) is 27.7 Å². The predicted octanol–water partition coefficient (Wildman–Crippen LogP) is 5.59. The Kier molecular flexibility index (Phi) is 6.91. The molecule has 2 aromatic carbocycles. The van der Waals surface area contributed by atoms with E-state index in [0.717, 1.165) is 22.3 Å². The SMILES string of the molecule is CCOC(=O)c1ccc(-c2ccc(/C=C(/C#N)C(=O)Nc3c(C)cc(C)cc3C)o2)cc1. The molecule has 162 valence electrons. The van der Waals surface area contributed by atoms with Crippen molar-refractivity contribution in [1.29, 1.82) is 5.26 Å². The first-order valence-corrected chi connectivity index (χ1v) is 10.2.